The Kier molecular flexibility index (Phi) is 5.26. The number of hydrogen-bond acceptors (Lipinski definition) is 5. The summed E-state index contributed by atoms with van der Waals surface area (Å²) in [5.41, 5.74) is 5.61. The van der Waals surface area contributed by atoms with Crippen molar-refractivity contribution in [2.75, 3.05) is 23.4 Å². The molecule has 6 nitrogen and oxygen atoms in total. The van der Waals surface area contributed by atoms with E-state index in [1.807, 2.05) is 6.92 Å². The second-order valence-electron chi connectivity index (χ2n) is 9.07. The van der Waals surface area contributed by atoms with E-state index < -0.39 is 0 Å². The van der Waals surface area contributed by atoms with Gasteiger partial charge < -0.3 is 15.0 Å². The molecule has 2 aromatic rings. The predicted octanol–water partition coefficient (Wildman–Crippen LogP) is 4.52. The zero-order chi connectivity index (χ0) is 21.5. The number of aromatic nitrogens is 2. The molecule has 6 heteroatoms. The Bertz CT molecular complexity index is 1010. The molecule has 1 saturated carbocycles. The van der Waals surface area contributed by atoms with E-state index in [-0.39, 0.29) is 23.9 Å². The maximum absolute atomic E-state index is 12.8. The third-order valence-corrected chi connectivity index (χ3v) is 6.85. The normalized spacial score (nSPS) is 25.6. The summed E-state index contributed by atoms with van der Waals surface area (Å²) in [6, 6.07) is 6.83. The zero-order valence-electron chi connectivity index (χ0n) is 18.5. The number of aryl methyl sites for hydroxylation is 1. The first kappa shape index (κ1) is 20.2. The molecule has 31 heavy (non-hydrogen) atoms. The standard InChI is InChI=1S/C25H30N4O2/c1-15-13-27-23(14-26-15)28-24-16(2)25(19-4-5-19)29(17(3)30)22-7-6-20(12-21(22)24)18-8-10-31-11-9-18/h6-8,12-14,16,19,24-25H,4-5,9-11H2,1-3H3,(H,27,28). The number of benzene rings is 1. The highest BCUT2D eigenvalue weighted by atomic mass is 16.5. The molecule has 162 valence electrons. The summed E-state index contributed by atoms with van der Waals surface area (Å²) in [4.78, 5) is 23.8. The van der Waals surface area contributed by atoms with E-state index in [1.54, 1.807) is 19.3 Å². The largest absolute Gasteiger partial charge is 0.377 e. The molecule has 3 aliphatic rings. The van der Waals surface area contributed by atoms with Crippen LogP contribution in [0, 0.1) is 18.8 Å². The van der Waals surface area contributed by atoms with Gasteiger partial charge in [-0.05, 0) is 60.9 Å². The first-order valence-electron chi connectivity index (χ1n) is 11.3. The van der Waals surface area contributed by atoms with Gasteiger partial charge in [0.15, 0.2) is 0 Å². The molecule has 2 aliphatic heterocycles. The molecule has 0 spiro atoms. The number of nitrogens with zero attached hydrogens (tertiary/aromatic N) is 3. The maximum atomic E-state index is 12.8. The Morgan fingerprint density at radius 2 is 2.06 bits per heavy atom. The molecule has 1 aromatic heterocycles. The molecule has 5 rings (SSSR count). The highest BCUT2D eigenvalue weighted by molar-refractivity contribution is 5.94. The number of anilines is 2. The van der Waals surface area contributed by atoms with Crippen LogP contribution in [0.4, 0.5) is 11.5 Å². The Morgan fingerprint density at radius 1 is 1.23 bits per heavy atom. The van der Waals surface area contributed by atoms with Crippen LogP contribution in [0.1, 0.15) is 56.0 Å². The second kappa shape index (κ2) is 8.08. The molecule has 0 saturated heterocycles. The molecule has 1 fully saturated rings. The Morgan fingerprint density at radius 3 is 2.71 bits per heavy atom. The van der Waals surface area contributed by atoms with E-state index in [0.29, 0.717) is 12.5 Å². The molecule has 1 aliphatic carbocycles. The van der Waals surface area contributed by atoms with Gasteiger partial charge in [0.05, 0.1) is 37.3 Å². The number of rotatable bonds is 4. The lowest BCUT2D eigenvalue weighted by Crippen LogP contribution is -2.51. The second-order valence-corrected chi connectivity index (χ2v) is 9.07. The van der Waals surface area contributed by atoms with Crippen molar-refractivity contribution in [1.29, 1.82) is 0 Å². The maximum Gasteiger partial charge on any atom is 0.224 e. The van der Waals surface area contributed by atoms with E-state index in [2.05, 4.69) is 51.4 Å². The molecule has 1 amide bonds. The molecule has 3 unspecified atom stereocenters. The summed E-state index contributed by atoms with van der Waals surface area (Å²) >= 11 is 0. The van der Waals surface area contributed by atoms with Gasteiger partial charge in [0.25, 0.3) is 0 Å². The van der Waals surface area contributed by atoms with Gasteiger partial charge in [-0.3, -0.25) is 9.78 Å². The summed E-state index contributed by atoms with van der Waals surface area (Å²) in [6.45, 7) is 7.31. The smallest absolute Gasteiger partial charge is 0.224 e. The van der Waals surface area contributed by atoms with E-state index >= 15 is 0 Å². The summed E-state index contributed by atoms with van der Waals surface area (Å²) < 4.78 is 5.50. The van der Waals surface area contributed by atoms with Crippen LogP contribution in [-0.2, 0) is 9.53 Å². The van der Waals surface area contributed by atoms with Gasteiger partial charge in [-0.15, -0.1) is 0 Å². The minimum absolute atomic E-state index is 0.0635. The SMILES string of the molecule is CC(=O)N1c2ccc(C3=CCOCC3)cc2C(Nc2cnc(C)cn2)C(C)C1C1CC1. The lowest BCUT2D eigenvalue weighted by molar-refractivity contribution is -0.117. The van der Waals surface area contributed by atoms with Gasteiger partial charge in [0, 0.05) is 24.6 Å². The third kappa shape index (κ3) is 3.85. The Balaban J connectivity index is 1.60. The van der Waals surface area contributed by atoms with Crippen LogP contribution < -0.4 is 10.2 Å². The monoisotopic (exact) mass is 418 g/mol. The number of carbonyl (C=O) groups is 1. The minimum Gasteiger partial charge on any atom is -0.377 e. The summed E-state index contributed by atoms with van der Waals surface area (Å²) in [5, 5.41) is 3.66. The first-order chi connectivity index (χ1) is 15.0. The molecule has 1 aromatic carbocycles. The van der Waals surface area contributed by atoms with Gasteiger partial charge in [0.2, 0.25) is 5.91 Å². The fraction of sp³-hybridized carbons (Fsp3) is 0.480. The average molecular weight is 419 g/mol. The molecule has 0 bridgehead atoms. The lowest BCUT2D eigenvalue weighted by Gasteiger charge is -2.46. The van der Waals surface area contributed by atoms with Crippen molar-refractivity contribution < 1.29 is 9.53 Å². The van der Waals surface area contributed by atoms with Gasteiger partial charge in [0.1, 0.15) is 5.82 Å². The number of fused-ring (bicyclic) bond motifs is 1. The van der Waals surface area contributed by atoms with Crippen LogP contribution in [0.15, 0.2) is 36.7 Å². The fourth-order valence-electron chi connectivity index (χ4n) is 5.18. The van der Waals surface area contributed by atoms with Crippen molar-refractivity contribution in [3.05, 3.63) is 53.5 Å². The topological polar surface area (TPSA) is 67.3 Å². The van der Waals surface area contributed by atoms with Crippen LogP contribution in [0.5, 0.6) is 0 Å². The number of hydrogen-bond donors (Lipinski definition) is 1. The highest BCUT2D eigenvalue weighted by Crippen LogP contribution is 2.50. The lowest BCUT2D eigenvalue weighted by atomic mass is 9.79. The molecule has 3 heterocycles. The van der Waals surface area contributed by atoms with Crippen molar-refractivity contribution in [3.8, 4) is 0 Å². The van der Waals surface area contributed by atoms with E-state index in [9.17, 15) is 4.79 Å². The summed E-state index contributed by atoms with van der Waals surface area (Å²) in [6.07, 6.45) is 9.06. The zero-order valence-corrected chi connectivity index (χ0v) is 18.5. The molecular weight excluding hydrogens is 388 g/mol. The first-order valence-corrected chi connectivity index (χ1v) is 11.3. The minimum atomic E-state index is 0.0635. The highest BCUT2D eigenvalue weighted by Gasteiger charge is 2.47. The molecule has 1 N–H and O–H groups in total. The third-order valence-electron chi connectivity index (χ3n) is 6.85. The van der Waals surface area contributed by atoms with E-state index in [0.717, 1.165) is 35.8 Å². The van der Waals surface area contributed by atoms with Gasteiger partial charge >= 0.3 is 0 Å². The van der Waals surface area contributed by atoms with E-state index in [1.165, 1.54) is 24.0 Å². The number of carbonyl (C=O) groups excluding carboxylic acids is 1. The number of ether oxygens (including phenoxy) is 1. The quantitative estimate of drug-likeness (QED) is 0.791. The number of amides is 1. The Labute approximate surface area is 183 Å². The van der Waals surface area contributed by atoms with E-state index in [4.69, 9.17) is 4.74 Å². The van der Waals surface area contributed by atoms with Crippen LogP contribution in [0.25, 0.3) is 5.57 Å². The van der Waals surface area contributed by atoms with Crippen molar-refractivity contribution in [2.45, 2.75) is 52.1 Å². The van der Waals surface area contributed by atoms with Crippen molar-refractivity contribution in [1.82, 2.24) is 9.97 Å². The predicted molar refractivity (Wildman–Crippen MR) is 122 cm³/mol. The van der Waals surface area contributed by atoms with Crippen molar-refractivity contribution >= 4 is 23.0 Å². The van der Waals surface area contributed by atoms with Gasteiger partial charge in [-0.2, -0.15) is 0 Å². The number of nitrogens with one attached hydrogen (secondary N) is 1. The molecule has 0 radical (unpaired) electrons. The van der Waals surface area contributed by atoms with Crippen molar-refractivity contribution in [3.63, 3.8) is 0 Å². The van der Waals surface area contributed by atoms with Crippen molar-refractivity contribution in [2.24, 2.45) is 11.8 Å². The summed E-state index contributed by atoms with van der Waals surface area (Å²) in [5.74, 6) is 1.72. The average Bonchev–Trinajstić information content (AvgIpc) is 3.62. The van der Waals surface area contributed by atoms with Crippen LogP contribution in [-0.4, -0.2) is 35.1 Å². The van der Waals surface area contributed by atoms with Crippen LogP contribution in [0.3, 0.4) is 0 Å². The van der Waals surface area contributed by atoms with Gasteiger partial charge in [-0.1, -0.05) is 19.1 Å². The molecular formula is C25H30N4O2. The fourth-order valence-corrected chi connectivity index (χ4v) is 5.18. The Hall–Kier alpha value is -2.73. The van der Waals surface area contributed by atoms with Gasteiger partial charge in [-0.25, -0.2) is 4.98 Å². The van der Waals surface area contributed by atoms with Crippen LogP contribution >= 0.6 is 0 Å². The molecule has 3 atom stereocenters. The van der Waals surface area contributed by atoms with Crippen LogP contribution in [0.2, 0.25) is 0 Å². The summed E-state index contributed by atoms with van der Waals surface area (Å²) in [7, 11) is 0.